The average molecular weight is 427 g/mol. The lowest BCUT2D eigenvalue weighted by Gasteiger charge is -2.08. The minimum absolute atomic E-state index is 0.0115. The normalized spacial score (nSPS) is 11.6. The fraction of sp³-hybridized carbons (Fsp3) is 0.0909. The van der Waals surface area contributed by atoms with Crippen molar-refractivity contribution in [1.29, 1.82) is 0 Å². The van der Waals surface area contributed by atoms with E-state index >= 15 is 0 Å². The van der Waals surface area contributed by atoms with Gasteiger partial charge in [0.25, 0.3) is 5.91 Å². The van der Waals surface area contributed by atoms with Crippen LogP contribution in [0.3, 0.4) is 0 Å². The van der Waals surface area contributed by atoms with Crippen LogP contribution < -0.4 is 15.6 Å². The molecule has 0 atom stereocenters. The smallest absolute Gasteiger partial charge is 0.257 e. The molecule has 6 nitrogen and oxygen atoms in total. The van der Waals surface area contributed by atoms with Gasteiger partial charge in [0.1, 0.15) is 17.1 Å². The van der Waals surface area contributed by atoms with E-state index in [1.165, 1.54) is 25.5 Å². The van der Waals surface area contributed by atoms with E-state index in [4.69, 9.17) is 25.2 Å². The summed E-state index contributed by atoms with van der Waals surface area (Å²) in [5.74, 6) is 0.170. The molecule has 0 aliphatic rings. The zero-order valence-corrected chi connectivity index (χ0v) is 16.6. The number of amides is 1. The minimum atomic E-state index is -0.493. The summed E-state index contributed by atoms with van der Waals surface area (Å²) in [4.78, 5) is 17.3. The third-order valence-electron chi connectivity index (χ3n) is 4.34. The third kappa shape index (κ3) is 4.06. The first kappa shape index (κ1) is 19.7. The molecule has 0 saturated heterocycles. The maximum atomic E-state index is 13.4. The van der Waals surface area contributed by atoms with Gasteiger partial charge in [-0.05, 0) is 42.5 Å². The number of furan rings is 1. The summed E-state index contributed by atoms with van der Waals surface area (Å²) in [6.07, 6.45) is 1.52. The van der Waals surface area contributed by atoms with Crippen LogP contribution in [-0.4, -0.2) is 13.0 Å². The van der Waals surface area contributed by atoms with E-state index in [9.17, 15) is 9.18 Å². The molecule has 4 aromatic rings. The topological polar surface area (TPSA) is 77.0 Å². The molecule has 0 radical (unpaired) electrons. The van der Waals surface area contributed by atoms with Gasteiger partial charge in [0.15, 0.2) is 11.3 Å². The maximum Gasteiger partial charge on any atom is 0.257 e. The number of methoxy groups -OCH3 is 1. The molecule has 2 aromatic heterocycles. The van der Waals surface area contributed by atoms with Crippen molar-refractivity contribution in [3.63, 3.8) is 0 Å². The van der Waals surface area contributed by atoms with E-state index in [0.717, 1.165) is 6.07 Å². The number of para-hydroxylation sites is 1. The van der Waals surface area contributed by atoms with Crippen molar-refractivity contribution >= 4 is 34.2 Å². The molecule has 0 unspecified atom stereocenters. The predicted octanol–water partition coefficient (Wildman–Crippen LogP) is 4.99. The molecule has 0 bridgehead atoms. The van der Waals surface area contributed by atoms with Crippen LogP contribution in [0.25, 0.3) is 11.0 Å². The zero-order valence-electron chi connectivity index (χ0n) is 15.8. The van der Waals surface area contributed by atoms with Crippen LogP contribution in [0.5, 0.6) is 5.75 Å². The van der Waals surface area contributed by atoms with Gasteiger partial charge in [-0.25, -0.2) is 9.38 Å². The van der Waals surface area contributed by atoms with Crippen LogP contribution in [0, 0.1) is 5.82 Å². The van der Waals surface area contributed by atoms with Crippen molar-refractivity contribution < 1.29 is 22.8 Å². The fourth-order valence-electron chi connectivity index (χ4n) is 2.89. The molecule has 0 saturated carbocycles. The lowest BCUT2D eigenvalue weighted by atomic mass is 10.1. The van der Waals surface area contributed by atoms with Gasteiger partial charge in [-0.15, -0.1) is 0 Å². The van der Waals surface area contributed by atoms with Crippen molar-refractivity contribution in [2.75, 3.05) is 7.11 Å². The number of carbonyl (C=O) groups excluding carboxylic acids is 1. The van der Waals surface area contributed by atoms with E-state index in [0.29, 0.717) is 22.5 Å². The highest BCUT2D eigenvalue weighted by Crippen LogP contribution is 2.27. The molecule has 1 amide bonds. The number of rotatable bonds is 5. The van der Waals surface area contributed by atoms with Gasteiger partial charge in [-0.2, -0.15) is 0 Å². The highest BCUT2D eigenvalue weighted by atomic mass is 35.5. The Bertz CT molecular complexity index is 1280. The molecule has 30 heavy (non-hydrogen) atoms. The highest BCUT2D eigenvalue weighted by molar-refractivity contribution is 6.32. The van der Waals surface area contributed by atoms with Crippen molar-refractivity contribution in [2.24, 2.45) is 4.99 Å². The second-order valence-corrected chi connectivity index (χ2v) is 6.72. The van der Waals surface area contributed by atoms with Crippen LogP contribution in [0.2, 0.25) is 5.02 Å². The van der Waals surface area contributed by atoms with Gasteiger partial charge in [0.05, 0.1) is 30.6 Å². The van der Waals surface area contributed by atoms with Crippen molar-refractivity contribution in [3.8, 4) is 5.75 Å². The summed E-state index contributed by atoms with van der Waals surface area (Å²) in [5, 5.41) is 3.51. The Kier molecular flexibility index (Phi) is 5.54. The van der Waals surface area contributed by atoms with E-state index in [1.807, 2.05) is 0 Å². The van der Waals surface area contributed by atoms with Gasteiger partial charge < -0.3 is 18.9 Å². The molecule has 2 heterocycles. The molecule has 0 spiro atoms. The van der Waals surface area contributed by atoms with Gasteiger partial charge in [0, 0.05) is 5.39 Å². The Hall–Kier alpha value is -3.58. The summed E-state index contributed by atoms with van der Waals surface area (Å²) < 4.78 is 29.9. The quantitative estimate of drug-likeness (QED) is 0.487. The summed E-state index contributed by atoms with van der Waals surface area (Å²) in [6.45, 7) is 0.193. The number of carbonyl (C=O) groups is 1. The Labute approximate surface area is 175 Å². The van der Waals surface area contributed by atoms with Gasteiger partial charge in [0.2, 0.25) is 5.55 Å². The molecule has 4 rings (SSSR count). The van der Waals surface area contributed by atoms with E-state index in [2.05, 4.69) is 10.3 Å². The number of nitrogens with one attached hydrogen (secondary N) is 1. The Balaban J connectivity index is 1.85. The number of hydrogen-bond donors (Lipinski definition) is 1. The number of fused-ring (bicyclic) bond motifs is 1. The van der Waals surface area contributed by atoms with Crippen LogP contribution >= 0.6 is 11.6 Å². The number of hydrogen-bond acceptors (Lipinski definition) is 5. The molecule has 152 valence electrons. The van der Waals surface area contributed by atoms with Crippen molar-refractivity contribution in [3.05, 3.63) is 88.6 Å². The summed E-state index contributed by atoms with van der Waals surface area (Å²) in [7, 11) is 1.52. The van der Waals surface area contributed by atoms with Crippen LogP contribution in [-0.2, 0) is 6.54 Å². The van der Waals surface area contributed by atoms with Crippen molar-refractivity contribution in [2.45, 2.75) is 6.54 Å². The van der Waals surface area contributed by atoms with Crippen molar-refractivity contribution in [1.82, 2.24) is 5.32 Å². The Morgan fingerprint density at radius 1 is 1.20 bits per heavy atom. The minimum Gasteiger partial charge on any atom is -0.493 e. The molecular weight excluding hydrogens is 411 g/mol. The fourth-order valence-corrected chi connectivity index (χ4v) is 3.10. The average Bonchev–Trinajstić information content (AvgIpc) is 3.26. The predicted molar refractivity (Wildman–Crippen MR) is 109 cm³/mol. The molecule has 8 heteroatoms. The summed E-state index contributed by atoms with van der Waals surface area (Å²) in [6, 6.07) is 14.2. The van der Waals surface area contributed by atoms with Gasteiger partial charge >= 0.3 is 0 Å². The Morgan fingerprint density at radius 2 is 2.07 bits per heavy atom. The van der Waals surface area contributed by atoms with Crippen LogP contribution in [0.4, 0.5) is 10.1 Å². The monoisotopic (exact) mass is 426 g/mol. The zero-order chi connectivity index (χ0) is 21.1. The second-order valence-electron chi connectivity index (χ2n) is 6.31. The molecule has 2 aromatic carbocycles. The van der Waals surface area contributed by atoms with Gasteiger partial charge in [-0.3, -0.25) is 4.79 Å². The summed E-state index contributed by atoms with van der Waals surface area (Å²) >= 11 is 6.10. The summed E-state index contributed by atoms with van der Waals surface area (Å²) in [5.41, 5.74) is 0.871. The standard InChI is InChI=1S/C22H16ClFN2O4/c1-28-19-6-2-4-13-10-16(21(27)25-12-15-5-3-9-29-15)22(30-20(13)19)26-18-8-7-14(24)11-17(18)23/h2-11H,12H2,1H3,(H,25,27). The second kappa shape index (κ2) is 8.42. The third-order valence-corrected chi connectivity index (χ3v) is 4.64. The van der Waals surface area contributed by atoms with E-state index < -0.39 is 11.7 Å². The molecule has 0 fully saturated rings. The molecule has 1 N–H and O–H groups in total. The Morgan fingerprint density at radius 3 is 2.80 bits per heavy atom. The van der Waals surface area contributed by atoms with E-state index in [-0.39, 0.29) is 28.4 Å². The first-order valence-electron chi connectivity index (χ1n) is 8.96. The molecule has 0 aliphatic carbocycles. The lowest BCUT2D eigenvalue weighted by Crippen LogP contribution is -2.28. The number of nitrogens with zero attached hydrogens (tertiary/aromatic N) is 1. The number of ether oxygens (including phenoxy) is 1. The molecular formula is C22H16ClFN2O4. The number of halogens is 2. The van der Waals surface area contributed by atoms with Gasteiger partial charge in [-0.1, -0.05) is 23.7 Å². The number of benzene rings is 2. The highest BCUT2D eigenvalue weighted by Gasteiger charge is 2.15. The molecule has 0 aliphatic heterocycles. The first-order chi connectivity index (χ1) is 14.5. The van der Waals surface area contributed by atoms with E-state index in [1.54, 1.807) is 36.4 Å². The lowest BCUT2D eigenvalue weighted by molar-refractivity contribution is 0.0944. The maximum absolute atomic E-state index is 13.4. The van der Waals surface area contributed by atoms with Crippen LogP contribution in [0.15, 0.2) is 74.7 Å². The SMILES string of the molecule is COc1cccc2cc(C(=O)NCc3ccco3)c(=Nc3ccc(F)cc3Cl)oc12. The largest absolute Gasteiger partial charge is 0.493 e. The van der Waals surface area contributed by atoms with Crippen LogP contribution in [0.1, 0.15) is 16.1 Å². The first-order valence-corrected chi connectivity index (χ1v) is 9.34.